The second kappa shape index (κ2) is 9.29. The molecule has 6 nitrogen and oxygen atoms in total. The maximum atomic E-state index is 12.4. The summed E-state index contributed by atoms with van der Waals surface area (Å²) in [4.78, 5) is 12.4. The fourth-order valence-electron chi connectivity index (χ4n) is 3.08. The van der Waals surface area contributed by atoms with E-state index in [2.05, 4.69) is 15.5 Å². The topological polar surface area (TPSA) is 73.3 Å². The molecule has 0 radical (unpaired) electrons. The third kappa shape index (κ3) is 5.02. The van der Waals surface area contributed by atoms with Crippen LogP contribution in [-0.2, 0) is 4.74 Å². The van der Waals surface area contributed by atoms with Gasteiger partial charge in [0, 0.05) is 30.3 Å². The molecule has 1 fully saturated rings. The van der Waals surface area contributed by atoms with Gasteiger partial charge in [-0.25, -0.2) is 0 Å². The molecular weight excluding hydrogens is 330 g/mol. The third-order valence-corrected chi connectivity index (χ3v) is 4.53. The predicted octanol–water partition coefficient (Wildman–Crippen LogP) is 3.23. The van der Waals surface area contributed by atoms with Gasteiger partial charge in [0.25, 0.3) is 5.91 Å². The normalized spacial score (nSPS) is 16.4. The van der Waals surface area contributed by atoms with Gasteiger partial charge in [0.1, 0.15) is 0 Å². The first-order chi connectivity index (χ1) is 12.8. The molecule has 0 saturated carbocycles. The predicted molar refractivity (Wildman–Crippen MR) is 99.2 cm³/mol. The largest absolute Gasteiger partial charge is 0.480 e. The van der Waals surface area contributed by atoms with Gasteiger partial charge in [-0.15, -0.1) is 10.2 Å². The Morgan fingerprint density at radius 2 is 2.19 bits per heavy atom. The van der Waals surface area contributed by atoms with Crippen LogP contribution in [0, 0.1) is 0 Å². The van der Waals surface area contributed by atoms with Crippen LogP contribution in [-0.4, -0.2) is 42.5 Å². The lowest BCUT2D eigenvalue weighted by atomic mass is 10.1. The Balaban J connectivity index is 1.49. The number of nitrogens with one attached hydrogen (secondary N) is 1. The molecule has 26 heavy (non-hydrogen) atoms. The van der Waals surface area contributed by atoms with Crippen molar-refractivity contribution in [1.29, 1.82) is 0 Å². The first kappa shape index (κ1) is 18.3. The molecule has 1 amide bonds. The molecule has 1 aromatic carbocycles. The smallest absolute Gasteiger partial charge is 0.251 e. The Kier molecular flexibility index (Phi) is 6.55. The van der Waals surface area contributed by atoms with E-state index < -0.39 is 0 Å². The van der Waals surface area contributed by atoms with Crippen molar-refractivity contribution in [2.75, 3.05) is 20.3 Å². The zero-order valence-corrected chi connectivity index (χ0v) is 15.1. The summed E-state index contributed by atoms with van der Waals surface area (Å²) in [5.74, 6) is 0.399. The highest BCUT2D eigenvalue weighted by molar-refractivity contribution is 5.95. The number of amides is 1. The summed E-state index contributed by atoms with van der Waals surface area (Å²) in [6.45, 7) is 1.58. The fraction of sp³-hybridized carbons (Fsp3) is 0.450. The van der Waals surface area contributed by atoms with Gasteiger partial charge >= 0.3 is 0 Å². The SMILES string of the molecule is COc1ccc(-c2cccc(C(=O)NCCCC[C@H]3CCCO3)c2)nn1. The van der Waals surface area contributed by atoms with E-state index in [1.54, 1.807) is 13.2 Å². The van der Waals surface area contributed by atoms with Crippen LogP contribution < -0.4 is 10.1 Å². The minimum atomic E-state index is -0.0644. The van der Waals surface area contributed by atoms with Gasteiger partial charge in [0.05, 0.1) is 18.9 Å². The van der Waals surface area contributed by atoms with Crippen LogP contribution in [0.1, 0.15) is 42.5 Å². The molecule has 2 aromatic rings. The molecule has 0 bridgehead atoms. The van der Waals surface area contributed by atoms with E-state index >= 15 is 0 Å². The monoisotopic (exact) mass is 355 g/mol. The van der Waals surface area contributed by atoms with Crippen molar-refractivity contribution in [3.05, 3.63) is 42.0 Å². The maximum Gasteiger partial charge on any atom is 0.251 e. The minimum Gasteiger partial charge on any atom is -0.480 e. The summed E-state index contributed by atoms with van der Waals surface area (Å²) in [5, 5.41) is 11.1. The van der Waals surface area contributed by atoms with Crippen LogP contribution in [0.25, 0.3) is 11.3 Å². The van der Waals surface area contributed by atoms with Crippen molar-refractivity contribution in [2.24, 2.45) is 0 Å². The maximum absolute atomic E-state index is 12.4. The molecule has 0 aliphatic carbocycles. The zero-order valence-electron chi connectivity index (χ0n) is 15.1. The summed E-state index contributed by atoms with van der Waals surface area (Å²) in [7, 11) is 1.55. The summed E-state index contributed by atoms with van der Waals surface area (Å²) in [6.07, 6.45) is 5.90. The van der Waals surface area contributed by atoms with Gasteiger partial charge in [-0.3, -0.25) is 4.79 Å². The van der Waals surface area contributed by atoms with Gasteiger partial charge in [-0.05, 0) is 50.3 Å². The van der Waals surface area contributed by atoms with Crippen LogP contribution in [0.3, 0.4) is 0 Å². The molecule has 1 N–H and O–H groups in total. The van der Waals surface area contributed by atoms with Crippen LogP contribution in [0.5, 0.6) is 5.88 Å². The highest BCUT2D eigenvalue weighted by Gasteiger charge is 2.14. The molecule has 0 spiro atoms. The number of carbonyl (C=O) groups is 1. The second-order valence-corrected chi connectivity index (χ2v) is 6.43. The number of benzene rings is 1. The lowest BCUT2D eigenvalue weighted by Gasteiger charge is -2.09. The van der Waals surface area contributed by atoms with Crippen LogP contribution in [0.4, 0.5) is 0 Å². The first-order valence-corrected chi connectivity index (χ1v) is 9.14. The second-order valence-electron chi connectivity index (χ2n) is 6.43. The van der Waals surface area contributed by atoms with Crippen molar-refractivity contribution in [3.8, 4) is 17.1 Å². The highest BCUT2D eigenvalue weighted by Crippen LogP contribution is 2.19. The van der Waals surface area contributed by atoms with Crippen LogP contribution >= 0.6 is 0 Å². The van der Waals surface area contributed by atoms with Crippen molar-refractivity contribution in [2.45, 2.75) is 38.2 Å². The third-order valence-electron chi connectivity index (χ3n) is 4.53. The molecule has 1 aliphatic heterocycles. The van der Waals surface area contributed by atoms with Crippen molar-refractivity contribution < 1.29 is 14.3 Å². The summed E-state index contributed by atoms with van der Waals surface area (Å²) >= 11 is 0. The standard InChI is InChI=1S/C20H25N3O3/c1-25-19-11-10-18(22-23-19)15-6-4-7-16(14-15)20(24)21-12-3-2-8-17-9-5-13-26-17/h4,6-7,10-11,14,17H,2-3,5,8-9,12-13H2,1H3,(H,21,24)/t17-/m0/s1. The van der Waals surface area contributed by atoms with E-state index in [1.165, 1.54) is 12.8 Å². The lowest BCUT2D eigenvalue weighted by molar-refractivity contribution is 0.0947. The number of hydrogen-bond donors (Lipinski definition) is 1. The van der Waals surface area contributed by atoms with Crippen molar-refractivity contribution in [1.82, 2.24) is 15.5 Å². The number of carbonyl (C=O) groups excluding carboxylic acids is 1. The van der Waals surface area contributed by atoms with Gasteiger partial charge in [-0.1, -0.05) is 12.1 Å². The Morgan fingerprint density at radius 3 is 2.92 bits per heavy atom. The molecule has 1 aliphatic rings. The van der Waals surface area contributed by atoms with Crippen LogP contribution in [0.15, 0.2) is 36.4 Å². The molecule has 3 rings (SSSR count). The van der Waals surface area contributed by atoms with E-state index in [0.29, 0.717) is 29.8 Å². The zero-order chi connectivity index (χ0) is 18.2. The molecule has 6 heteroatoms. The highest BCUT2D eigenvalue weighted by atomic mass is 16.5. The number of hydrogen-bond acceptors (Lipinski definition) is 5. The first-order valence-electron chi connectivity index (χ1n) is 9.14. The Labute approximate surface area is 153 Å². The number of unbranched alkanes of at least 4 members (excludes halogenated alkanes) is 1. The van der Waals surface area contributed by atoms with Crippen molar-refractivity contribution in [3.63, 3.8) is 0 Å². The Morgan fingerprint density at radius 1 is 1.27 bits per heavy atom. The quantitative estimate of drug-likeness (QED) is 0.736. The molecule has 1 saturated heterocycles. The summed E-state index contributed by atoms with van der Waals surface area (Å²) < 4.78 is 10.6. The van der Waals surface area contributed by atoms with E-state index in [-0.39, 0.29) is 5.91 Å². The van der Waals surface area contributed by atoms with E-state index in [1.807, 2.05) is 30.3 Å². The minimum absolute atomic E-state index is 0.0644. The average molecular weight is 355 g/mol. The summed E-state index contributed by atoms with van der Waals surface area (Å²) in [5.41, 5.74) is 2.18. The van der Waals surface area contributed by atoms with E-state index in [0.717, 1.165) is 31.4 Å². The average Bonchev–Trinajstić information content (AvgIpc) is 3.21. The fourth-order valence-corrected chi connectivity index (χ4v) is 3.08. The molecular formula is C20H25N3O3. The van der Waals surface area contributed by atoms with E-state index in [4.69, 9.17) is 9.47 Å². The van der Waals surface area contributed by atoms with Gasteiger partial charge < -0.3 is 14.8 Å². The molecule has 138 valence electrons. The molecule has 1 atom stereocenters. The number of rotatable bonds is 8. The number of nitrogens with zero attached hydrogens (tertiary/aromatic N) is 2. The van der Waals surface area contributed by atoms with E-state index in [9.17, 15) is 4.79 Å². The molecule has 0 unspecified atom stereocenters. The van der Waals surface area contributed by atoms with Gasteiger partial charge in [0.2, 0.25) is 5.88 Å². The number of methoxy groups -OCH3 is 1. The van der Waals surface area contributed by atoms with Gasteiger partial charge in [-0.2, -0.15) is 0 Å². The number of aromatic nitrogens is 2. The summed E-state index contributed by atoms with van der Waals surface area (Å²) in [6, 6.07) is 11.0. The Hall–Kier alpha value is -2.47. The Bertz CT molecular complexity index is 712. The molecule has 1 aromatic heterocycles. The number of ether oxygens (including phenoxy) is 2. The van der Waals surface area contributed by atoms with Gasteiger partial charge in [0.15, 0.2) is 0 Å². The molecule has 2 heterocycles. The van der Waals surface area contributed by atoms with Crippen molar-refractivity contribution >= 4 is 5.91 Å². The lowest BCUT2D eigenvalue weighted by Crippen LogP contribution is -2.24. The van der Waals surface area contributed by atoms with Crippen LogP contribution in [0.2, 0.25) is 0 Å².